The van der Waals surface area contributed by atoms with E-state index in [1.807, 2.05) is 0 Å². The van der Waals surface area contributed by atoms with Gasteiger partial charge in [-0.15, -0.1) is 10.2 Å². The van der Waals surface area contributed by atoms with Crippen LogP contribution in [-0.4, -0.2) is 76.4 Å². The molecule has 0 radical (unpaired) electrons. The first-order chi connectivity index (χ1) is 19.8. The fourth-order valence-electron chi connectivity index (χ4n) is 3.73. The summed E-state index contributed by atoms with van der Waals surface area (Å²) >= 11 is 0. The molecule has 2 aromatic heterocycles. The predicted molar refractivity (Wildman–Crippen MR) is 143 cm³/mol. The molecule has 1 aliphatic heterocycles. The minimum absolute atomic E-state index is 0.0702. The molecule has 0 aliphatic carbocycles. The van der Waals surface area contributed by atoms with Crippen molar-refractivity contribution in [1.29, 1.82) is 0 Å². The third-order valence-electron chi connectivity index (χ3n) is 5.75. The number of sulfonamides is 1. The van der Waals surface area contributed by atoms with E-state index in [0.29, 0.717) is 0 Å². The van der Waals surface area contributed by atoms with Crippen LogP contribution in [0.3, 0.4) is 0 Å². The first kappa shape index (κ1) is 30.3. The Hall–Kier alpha value is -4.69. The van der Waals surface area contributed by atoms with Gasteiger partial charge in [0.1, 0.15) is 28.5 Å². The van der Waals surface area contributed by atoms with Crippen LogP contribution >= 0.6 is 0 Å². The lowest BCUT2D eigenvalue weighted by Crippen LogP contribution is -2.33. The molecule has 222 valence electrons. The Labute approximate surface area is 237 Å². The van der Waals surface area contributed by atoms with Gasteiger partial charge in [-0.25, -0.2) is 23.4 Å². The second-order valence-electron chi connectivity index (χ2n) is 8.75. The molecule has 1 aliphatic rings. The average Bonchev–Trinajstić information content (AvgIpc) is 3.35. The number of aryl methyl sites for hydroxylation is 1. The van der Waals surface area contributed by atoms with E-state index in [1.165, 1.54) is 51.7 Å². The first-order valence-electron chi connectivity index (χ1n) is 12.0. The van der Waals surface area contributed by atoms with E-state index in [0.717, 1.165) is 16.2 Å². The molecule has 13 nitrogen and oxygen atoms in total. The normalized spacial score (nSPS) is 14.6. The lowest BCUT2D eigenvalue weighted by Gasteiger charge is -2.22. The molecule has 1 aromatic carbocycles. The lowest BCUT2D eigenvalue weighted by molar-refractivity contribution is -0.155. The number of phenols is 1. The van der Waals surface area contributed by atoms with Crippen LogP contribution in [0.2, 0.25) is 0 Å². The summed E-state index contributed by atoms with van der Waals surface area (Å²) in [6.07, 6.45) is -1.66. The van der Waals surface area contributed by atoms with Gasteiger partial charge in [0, 0.05) is 19.5 Å². The Kier molecular flexibility index (Phi) is 8.68. The van der Waals surface area contributed by atoms with E-state index in [-0.39, 0.29) is 34.5 Å². The third kappa shape index (κ3) is 6.61. The number of methoxy groups -OCH3 is 2. The number of anilines is 1. The van der Waals surface area contributed by atoms with Crippen molar-refractivity contribution in [2.45, 2.75) is 31.4 Å². The number of nitrogens with one attached hydrogen (secondary N) is 1. The molecule has 2 N–H and O–H groups in total. The van der Waals surface area contributed by atoms with Crippen molar-refractivity contribution in [3.05, 3.63) is 65.3 Å². The summed E-state index contributed by atoms with van der Waals surface area (Å²) in [5, 5.41) is 17.4. The maximum atomic E-state index is 13.6. The monoisotopic (exact) mass is 607 g/mol. The highest BCUT2D eigenvalue weighted by Gasteiger charge is 2.35. The minimum Gasteiger partial charge on any atom is -0.506 e. The number of aliphatic imine (C=N–C) groups is 1. The van der Waals surface area contributed by atoms with Gasteiger partial charge in [0.25, 0.3) is 0 Å². The van der Waals surface area contributed by atoms with E-state index in [9.17, 15) is 26.7 Å². The zero-order valence-electron chi connectivity index (χ0n) is 22.5. The lowest BCUT2D eigenvalue weighted by atomic mass is 10.2. The number of alkyl halides is 3. The number of aromatic hydroxyl groups is 1. The molecule has 0 bridgehead atoms. The first-order valence-corrected chi connectivity index (χ1v) is 13.5. The smallest absolute Gasteiger partial charge is 0.422 e. The second-order valence-corrected chi connectivity index (χ2v) is 10.8. The standard InChI is InChI=1S/C25H24F3N7O6S/c1-14-11-29-22(30-12-14)21(40-4)15(2)42(37,38)34-24-33-32-23(35(24)20-17(36)8-6-9-18(20)39-3)16-7-5-10-19(31-16)41-13-25(26,27)28/h6,8-12,15,21,36H,13H2,1-4H3,(H,33,34)/t15-,21-/m0/s1. The van der Waals surface area contributed by atoms with Crippen molar-refractivity contribution in [1.82, 2.24) is 24.7 Å². The summed E-state index contributed by atoms with van der Waals surface area (Å²) in [7, 11) is -1.72. The number of hydrogen-bond acceptors (Lipinski definition) is 11. The molecule has 42 heavy (non-hydrogen) atoms. The van der Waals surface area contributed by atoms with Crippen LogP contribution in [-0.2, 0) is 19.5 Å². The van der Waals surface area contributed by atoms with Crippen LogP contribution in [0, 0.1) is 6.92 Å². The van der Waals surface area contributed by atoms with Crippen LogP contribution in [0.25, 0.3) is 11.4 Å². The topological polar surface area (TPSA) is 163 Å². The van der Waals surface area contributed by atoms with Gasteiger partial charge in [0.15, 0.2) is 24.0 Å². The van der Waals surface area contributed by atoms with Crippen molar-refractivity contribution in [3.63, 3.8) is 0 Å². The van der Waals surface area contributed by atoms with E-state index in [2.05, 4.69) is 41.3 Å². The van der Waals surface area contributed by atoms with Gasteiger partial charge in [-0.2, -0.15) is 13.2 Å². The molecule has 0 spiro atoms. The molecule has 0 unspecified atom stereocenters. The molecule has 3 aromatic rings. The van der Waals surface area contributed by atoms with Crippen molar-refractivity contribution < 1.29 is 40.9 Å². The highest BCUT2D eigenvalue weighted by molar-refractivity contribution is 7.93. The maximum Gasteiger partial charge on any atom is 0.422 e. The molecule has 0 saturated heterocycles. The van der Waals surface area contributed by atoms with Gasteiger partial charge >= 0.3 is 6.18 Å². The number of nitrogens with zero attached hydrogens (tertiary/aromatic N) is 6. The number of ether oxygens (including phenoxy) is 3. The van der Waals surface area contributed by atoms with E-state index >= 15 is 0 Å². The molecule has 3 heterocycles. The Morgan fingerprint density at radius 3 is 2.52 bits per heavy atom. The summed E-state index contributed by atoms with van der Waals surface area (Å²) in [5.74, 6) is -1.31. The molecule has 2 atom stereocenters. The Morgan fingerprint density at radius 1 is 1.17 bits per heavy atom. The summed E-state index contributed by atoms with van der Waals surface area (Å²) in [5.41, 5.74) is 5.49. The molecule has 0 saturated carbocycles. The summed E-state index contributed by atoms with van der Waals surface area (Å²) in [4.78, 5) is 12.3. The Bertz CT molecular complexity index is 1710. The van der Waals surface area contributed by atoms with Gasteiger partial charge in [-0.1, -0.05) is 11.8 Å². The molecule has 0 fully saturated rings. The zero-order chi connectivity index (χ0) is 30.7. The number of benzene rings is 1. The van der Waals surface area contributed by atoms with E-state index < -0.39 is 46.0 Å². The van der Waals surface area contributed by atoms with Gasteiger partial charge in [-0.3, -0.25) is 9.29 Å². The zero-order valence-corrected chi connectivity index (χ0v) is 23.4. The van der Waals surface area contributed by atoms with Crippen LogP contribution < -0.4 is 9.46 Å². The quantitative estimate of drug-likeness (QED) is 0.327. The Balaban J connectivity index is 1.80. The fourth-order valence-corrected chi connectivity index (χ4v) is 4.86. The SMILES string of the molecule is COc1cccc(O)c1-n1c(NS(=O)(=O)[C@@H](C)[C@H](OC)c2ncc(C)cn2)nnc1C1=C=C=CC(OCC(F)(F)F)=N1. The van der Waals surface area contributed by atoms with Gasteiger partial charge in [-0.05, 0) is 37.3 Å². The molecule has 4 rings (SSSR count). The van der Waals surface area contributed by atoms with Crippen molar-refractivity contribution in [2.24, 2.45) is 4.99 Å². The minimum atomic E-state index is -4.63. The third-order valence-corrected chi connectivity index (χ3v) is 7.44. The summed E-state index contributed by atoms with van der Waals surface area (Å²) in [6, 6.07) is 4.24. The molecule has 17 heteroatoms. The van der Waals surface area contributed by atoms with Crippen LogP contribution in [0.4, 0.5) is 19.1 Å². The number of rotatable bonds is 10. The summed E-state index contributed by atoms with van der Waals surface area (Å²) in [6.45, 7) is 1.52. The number of phenolic OH excluding ortho intramolecular Hbond substituents is 1. The van der Waals surface area contributed by atoms with Crippen molar-refractivity contribution >= 4 is 27.6 Å². The fraction of sp³-hybridized carbons (Fsp3) is 0.320. The van der Waals surface area contributed by atoms with Crippen molar-refractivity contribution in [2.75, 3.05) is 25.5 Å². The van der Waals surface area contributed by atoms with Gasteiger partial charge < -0.3 is 19.3 Å². The van der Waals surface area contributed by atoms with E-state index in [4.69, 9.17) is 14.2 Å². The maximum absolute atomic E-state index is 13.6. The van der Waals surface area contributed by atoms with Crippen LogP contribution in [0.1, 0.15) is 30.2 Å². The van der Waals surface area contributed by atoms with Crippen LogP contribution in [0.15, 0.2) is 53.1 Å². The number of halogens is 3. The van der Waals surface area contributed by atoms with Crippen LogP contribution in [0.5, 0.6) is 11.5 Å². The van der Waals surface area contributed by atoms with Gasteiger partial charge in [0.2, 0.25) is 21.9 Å². The summed E-state index contributed by atoms with van der Waals surface area (Å²) < 4.78 is 84.1. The predicted octanol–water partition coefficient (Wildman–Crippen LogP) is 3.24. The highest BCUT2D eigenvalue weighted by Crippen LogP contribution is 2.37. The highest BCUT2D eigenvalue weighted by atomic mass is 32.2. The van der Waals surface area contributed by atoms with E-state index in [1.54, 1.807) is 6.92 Å². The number of para-hydroxylation sites is 1. The molecular weight excluding hydrogens is 583 g/mol. The number of hydrogen-bond donors (Lipinski definition) is 2. The molecule has 0 amide bonds. The van der Waals surface area contributed by atoms with Gasteiger partial charge in [0.05, 0.1) is 13.2 Å². The average molecular weight is 608 g/mol. The molecular formula is C25H24F3N7O6S. The Morgan fingerprint density at radius 2 is 1.88 bits per heavy atom. The number of aromatic nitrogens is 5. The van der Waals surface area contributed by atoms with Crippen molar-refractivity contribution in [3.8, 4) is 17.2 Å². The largest absolute Gasteiger partial charge is 0.506 e. The second kappa shape index (κ2) is 12.0.